The van der Waals surface area contributed by atoms with Crippen LogP contribution in [0.2, 0.25) is 5.02 Å². The number of hydrogen-bond acceptors (Lipinski definition) is 2. The Kier molecular flexibility index (Phi) is 3.99. The molecular weight excluding hydrogens is 224 g/mol. The molecule has 1 N–H and O–H groups in total. The fourth-order valence-corrected chi connectivity index (χ4v) is 1.83. The van der Waals surface area contributed by atoms with E-state index in [1.807, 2.05) is 30.3 Å². The van der Waals surface area contributed by atoms with Crippen LogP contribution in [0.5, 0.6) is 0 Å². The number of ether oxygens (including phenoxy) is 1. The van der Waals surface area contributed by atoms with Crippen LogP contribution in [0.3, 0.4) is 0 Å². The lowest BCUT2D eigenvalue weighted by Crippen LogP contribution is -2.18. The van der Waals surface area contributed by atoms with Crippen LogP contribution in [0.25, 0.3) is 0 Å². The minimum atomic E-state index is -0.296. The molecule has 1 aromatic rings. The van der Waals surface area contributed by atoms with Gasteiger partial charge in [0.25, 0.3) is 0 Å². The maximum Gasteiger partial charge on any atom is 0.0762 e. The molecule has 0 fully saturated rings. The molecule has 0 aromatic heterocycles. The summed E-state index contributed by atoms with van der Waals surface area (Å²) < 4.78 is 5.72. The number of aliphatic hydroxyl groups excluding tert-OH is 1. The predicted octanol–water partition coefficient (Wildman–Crippen LogP) is 2.94. The van der Waals surface area contributed by atoms with Crippen LogP contribution in [0.4, 0.5) is 0 Å². The van der Waals surface area contributed by atoms with Crippen LogP contribution >= 0.6 is 11.6 Å². The molecule has 0 amide bonds. The second-order valence-electron chi connectivity index (χ2n) is 4.01. The second kappa shape index (κ2) is 5.48. The fourth-order valence-electron chi connectivity index (χ4n) is 1.70. The maximum absolute atomic E-state index is 9.29. The first-order valence-corrected chi connectivity index (χ1v) is 5.84. The van der Waals surface area contributed by atoms with Crippen molar-refractivity contribution < 1.29 is 9.84 Å². The highest BCUT2D eigenvalue weighted by Gasteiger charge is 2.13. The van der Waals surface area contributed by atoms with E-state index in [2.05, 4.69) is 0 Å². The van der Waals surface area contributed by atoms with Gasteiger partial charge >= 0.3 is 0 Å². The minimum absolute atomic E-state index is 0.124. The lowest BCUT2D eigenvalue weighted by Gasteiger charge is -2.20. The van der Waals surface area contributed by atoms with Crippen LogP contribution in [-0.4, -0.2) is 17.3 Å². The number of benzene rings is 1. The zero-order valence-corrected chi connectivity index (χ0v) is 9.73. The molecule has 0 bridgehead atoms. The Hall–Kier alpha value is -0.830. The summed E-state index contributed by atoms with van der Waals surface area (Å²) in [6.07, 6.45) is 5.22. The van der Waals surface area contributed by atoms with Gasteiger partial charge in [0.1, 0.15) is 0 Å². The van der Waals surface area contributed by atoms with Crippen molar-refractivity contribution in [3.05, 3.63) is 47.0 Å². The number of rotatable bonds is 3. The second-order valence-corrected chi connectivity index (χ2v) is 4.44. The number of halogens is 1. The summed E-state index contributed by atoms with van der Waals surface area (Å²) in [6, 6.07) is 7.65. The minimum Gasteiger partial charge on any atom is -0.389 e. The van der Waals surface area contributed by atoms with Crippen LogP contribution < -0.4 is 0 Å². The lowest BCUT2D eigenvalue weighted by molar-refractivity contribution is 0.0496. The van der Waals surface area contributed by atoms with E-state index in [0.29, 0.717) is 6.61 Å². The summed E-state index contributed by atoms with van der Waals surface area (Å²) in [4.78, 5) is 0. The first-order chi connectivity index (χ1) is 7.74. The summed E-state index contributed by atoms with van der Waals surface area (Å²) >= 11 is 5.80. The van der Waals surface area contributed by atoms with Gasteiger partial charge in [-0.05, 0) is 30.5 Å². The van der Waals surface area contributed by atoms with Crippen molar-refractivity contribution in [2.45, 2.75) is 31.7 Å². The molecule has 2 nitrogen and oxygen atoms in total. The molecule has 2 rings (SSSR count). The van der Waals surface area contributed by atoms with Crippen LogP contribution in [0.15, 0.2) is 36.4 Å². The molecule has 0 saturated heterocycles. The van der Waals surface area contributed by atoms with Gasteiger partial charge in [-0.2, -0.15) is 0 Å². The predicted molar refractivity (Wildman–Crippen MR) is 64.4 cm³/mol. The smallest absolute Gasteiger partial charge is 0.0762 e. The molecule has 0 saturated carbocycles. The molecule has 0 spiro atoms. The lowest BCUT2D eigenvalue weighted by atomic mass is 10.0. The summed E-state index contributed by atoms with van der Waals surface area (Å²) in [6.45, 7) is 0.586. The average molecular weight is 239 g/mol. The van der Waals surface area contributed by atoms with Crippen molar-refractivity contribution in [2.24, 2.45) is 0 Å². The molecule has 1 aromatic carbocycles. The molecule has 0 heterocycles. The topological polar surface area (TPSA) is 29.5 Å². The standard InChI is InChI=1S/C13H15ClO2/c14-11-3-1-10(2-4-11)9-16-13-7-5-12(15)6-8-13/h1-5,7,12-13,15H,6,8-9H2. The summed E-state index contributed by atoms with van der Waals surface area (Å²) in [5.41, 5.74) is 1.11. The van der Waals surface area contributed by atoms with Crippen molar-refractivity contribution in [1.82, 2.24) is 0 Å². The quantitative estimate of drug-likeness (QED) is 0.821. The van der Waals surface area contributed by atoms with E-state index in [1.54, 1.807) is 6.08 Å². The molecule has 1 aliphatic rings. The van der Waals surface area contributed by atoms with Gasteiger partial charge in [0.15, 0.2) is 0 Å². The van der Waals surface area contributed by atoms with Gasteiger partial charge < -0.3 is 9.84 Å². The third kappa shape index (κ3) is 3.34. The molecule has 0 radical (unpaired) electrons. The SMILES string of the molecule is OC1C=CC(OCc2ccc(Cl)cc2)CC1. The molecule has 0 aliphatic heterocycles. The zero-order chi connectivity index (χ0) is 11.4. The molecular formula is C13H15ClO2. The van der Waals surface area contributed by atoms with Crippen molar-refractivity contribution in [1.29, 1.82) is 0 Å². The highest BCUT2D eigenvalue weighted by molar-refractivity contribution is 6.30. The maximum atomic E-state index is 9.29. The van der Waals surface area contributed by atoms with Crippen molar-refractivity contribution >= 4 is 11.6 Å². The summed E-state index contributed by atoms with van der Waals surface area (Å²) in [5.74, 6) is 0. The Morgan fingerprint density at radius 2 is 1.94 bits per heavy atom. The third-order valence-corrected chi connectivity index (χ3v) is 2.92. The van der Waals surface area contributed by atoms with Gasteiger partial charge in [0.2, 0.25) is 0 Å². The van der Waals surface area contributed by atoms with E-state index in [1.165, 1.54) is 0 Å². The Bertz CT molecular complexity index is 359. The van der Waals surface area contributed by atoms with Gasteiger partial charge in [0, 0.05) is 5.02 Å². The molecule has 2 unspecified atom stereocenters. The Morgan fingerprint density at radius 1 is 1.19 bits per heavy atom. The average Bonchev–Trinajstić information content (AvgIpc) is 2.30. The van der Waals surface area contributed by atoms with E-state index in [9.17, 15) is 5.11 Å². The van der Waals surface area contributed by atoms with Gasteiger partial charge in [-0.3, -0.25) is 0 Å². The fraction of sp³-hybridized carbons (Fsp3) is 0.385. The molecule has 3 heteroatoms. The highest BCUT2D eigenvalue weighted by Crippen LogP contribution is 2.17. The zero-order valence-electron chi connectivity index (χ0n) is 8.97. The summed E-state index contributed by atoms with van der Waals surface area (Å²) in [5, 5.41) is 10.0. The van der Waals surface area contributed by atoms with E-state index in [0.717, 1.165) is 23.4 Å². The Labute approximate surface area is 101 Å². The first kappa shape index (κ1) is 11.6. The van der Waals surface area contributed by atoms with Crippen molar-refractivity contribution in [3.8, 4) is 0 Å². The summed E-state index contributed by atoms with van der Waals surface area (Å²) in [7, 11) is 0. The molecule has 1 aliphatic carbocycles. The van der Waals surface area contributed by atoms with Crippen molar-refractivity contribution in [2.75, 3.05) is 0 Å². The van der Waals surface area contributed by atoms with Gasteiger partial charge in [-0.1, -0.05) is 35.9 Å². The first-order valence-electron chi connectivity index (χ1n) is 5.46. The molecule has 2 atom stereocenters. The Morgan fingerprint density at radius 3 is 2.56 bits per heavy atom. The largest absolute Gasteiger partial charge is 0.389 e. The van der Waals surface area contributed by atoms with E-state index < -0.39 is 0 Å². The number of hydrogen-bond donors (Lipinski definition) is 1. The van der Waals surface area contributed by atoms with E-state index in [-0.39, 0.29) is 12.2 Å². The highest BCUT2D eigenvalue weighted by atomic mass is 35.5. The Balaban J connectivity index is 1.83. The van der Waals surface area contributed by atoms with Gasteiger partial charge in [0.05, 0.1) is 18.8 Å². The van der Waals surface area contributed by atoms with Crippen LogP contribution in [0, 0.1) is 0 Å². The normalized spacial score (nSPS) is 24.6. The van der Waals surface area contributed by atoms with E-state index >= 15 is 0 Å². The van der Waals surface area contributed by atoms with E-state index in [4.69, 9.17) is 16.3 Å². The van der Waals surface area contributed by atoms with Crippen molar-refractivity contribution in [3.63, 3.8) is 0 Å². The van der Waals surface area contributed by atoms with Crippen LogP contribution in [-0.2, 0) is 11.3 Å². The molecule has 86 valence electrons. The molecule has 16 heavy (non-hydrogen) atoms. The third-order valence-electron chi connectivity index (χ3n) is 2.67. The van der Waals surface area contributed by atoms with Crippen LogP contribution in [0.1, 0.15) is 18.4 Å². The number of aliphatic hydroxyl groups is 1. The van der Waals surface area contributed by atoms with Gasteiger partial charge in [-0.25, -0.2) is 0 Å². The monoisotopic (exact) mass is 238 g/mol. The van der Waals surface area contributed by atoms with Gasteiger partial charge in [-0.15, -0.1) is 0 Å².